The molecule has 18 heavy (non-hydrogen) atoms. The molecular weight excluding hydrogens is 228 g/mol. The summed E-state index contributed by atoms with van der Waals surface area (Å²) < 4.78 is 5.23. The van der Waals surface area contributed by atoms with E-state index in [0.717, 1.165) is 31.0 Å². The van der Waals surface area contributed by atoms with E-state index in [1.807, 2.05) is 20.8 Å². The van der Waals surface area contributed by atoms with Gasteiger partial charge in [0.25, 0.3) is 0 Å². The van der Waals surface area contributed by atoms with Gasteiger partial charge in [0.15, 0.2) is 0 Å². The predicted molar refractivity (Wildman–Crippen MR) is 70.3 cm³/mol. The van der Waals surface area contributed by atoms with Crippen molar-refractivity contribution >= 4 is 0 Å². The number of aryl methyl sites for hydroxylation is 2. The molecule has 2 heterocycles. The van der Waals surface area contributed by atoms with Crippen molar-refractivity contribution in [2.75, 3.05) is 6.54 Å². The van der Waals surface area contributed by atoms with E-state index >= 15 is 0 Å². The highest BCUT2D eigenvalue weighted by Gasteiger charge is 2.25. The second kappa shape index (κ2) is 5.85. The third kappa shape index (κ3) is 3.12. The number of aliphatic hydroxyl groups excluding tert-OH is 1. The van der Waals surface area contributed by atoms with Crippen LogP contribution < -0.4 is 0 Å². The molecule has 0 aromatic carbocycles. The van der Waals surface area contributed by atoms with E-state index in [9.17, 15) is 5.11 Å². The van der Waals surface area contributed by atoms with Crippen molar-refractivity contribution in [1.82, 2.24) is 10.1 Å². The maximum absolute atomic E-state index is 9.60. The fraction of sp³-hybridized carbons (Fsp3) is 0.786. The quantitative estimate of drug-likeness (QED) is 0.894. The van der Waals surface area contributed by atoms with Crippen molar-refractivity contribution in [3.05, 3.63) is 17.0 Å². The van der Waals surface area contributed by atoms with E-state index in [0.29, 0.717) is 6.04 Å². The second-order valence-electron chi connectivity index (χ2n) is 5.51. The van der Waals surface area contributed by atoms with Gasteiger partial charge in [-0.15, -0.1) is 0 Å². The highest BCUT2D eigenvalue weighted by molar-refractivity contribution is 5.20. The average Bonchev–Trinajstić information content (AvgIpc) is 2.62. The molecule has 2 unspecified atom stereocenters. The maximum atomic E-state index is 9.60. The number of likely N-dealkylation sites (tertiary alicyclic amines) is 1. The summed E-state index contributed by atoms with van der Waals surface area (Å²) in [6.45, 7) is 7.87. The largest absolute Gasteiger partial charge is 0.393 e. The topological polar surface area (TPSA) is 49.5 Å². The molecule has 1 saturated heterocycles. The van der Waals surface area contributed by atoms with E-state index in [-0.39, 0.29) is 6.10 Å². The lowest BCUT2D eigenvalue weighted by atomic mass is 9.96. The number of piperidine rings is 1. The van der Waals surface area contributed by atoms with E-state index in [2.05, 4.69) is 10.1 Å². The van der Waals surface area contributed by atoms with Gasteiger partial charge in [0.1, 0.15) is 5.76 Å². The molecule has 0 saturated carbocycles. The lowest BCUT2D eigenvalue weighted by Gasteiger charge is -2.36. The van der Waals surface area contributed by atoms with Gasteiger partial charge in [0.2, 0.25) is 0 Å². The van der Waals surface area contributed by atoms with Crippen LogP contribution in [0.5, 0.6) is 0 Å². The first-order valence-electron chi connectivity index (χ1n) is 6.91. The lowest BCUT2D eigenvalue weighted by Crippen LogP contribution is -2.40. The molecule has 0 amide bonds. The van der Waals surface area contributed by atoms with Gasteiger partial charge in [0.05, 0.1) is 11.8 Å². The molecule has 0 aliphatic carbocycles. The Labute approximate surface area is 109 Å². The van der Waals surface area contributed by atoms with Crippen molar-refractivity contribution in [1.29, 1.82) is 0 Å². The molecule has 2 rings (SSSR count). The van der Waals surface area contributed by atoms with Crippen molar-refractivity contribution < 1.29 is 9.63 Å². The summed E-state index contributed by atoms with van der Waals surface area (Å²) in [6, 6.07) is 0.493. The molecule has 1 aliphatic heterocycles. The number of hydrogen-bond donors (Lipinski definition) is 1. The fourth-order valence-corrected chi connectivity index (χ4v) is 2.86. The molecule has 1 aromatic heterocycles. The van der Waals surface area contributed by atoms with E-state index in [4.69, 9.17) is 4.52 Å². The van der Waals surface area contributed by atoms with E-state index in [1.54, 1.807) is 0 Å². The summed E-state index contributed by atoms with van der Waals surface area (Å²) >= 11 is 0. The molecule has 0 bridgehead atoms. The van der Waals surface area contributed by atoms with Gasteiger partial charge in [-0.05, 0) is 46.6 Å². The Kier molecular flexibility index (Phi) is 4.40. The molecule has 0 spiro atoms. The van der Waals surface area contributed by atoms with Crippen molar-refractivity contribution in [2.24, 2.45) is 0 Å². The lowest BCUT2D eigenvalue weighted by molar-refractivity contribution is 0.0814. The van der Waals surface area contributed by atoms with Crippen LogP contribution in [0.3, 0.4) is 0 Å². The molecule has 4 nitrogen and oxygen atoms in total. The van der Waals surface area contributed by atoms with Crippen LogP contribution in [0.2, 0.25) is 0 Å². The average molecular weight is 252 g/mol. The Hall–Kier alpha value is -0.870. The third-order valence-electron chi connectivity index (χ3n) is 3.90. The van der Waals surface area contributed by atoms with Crippen LogP contribution in [0.15, 0.2) is 4.52 Å². The zero-order valence-corrected chi connectivity index (χ0v) is 11.6. The van der Waals surface area contributed by atoms with Crippen LogP contribution in [0.4, 0.5) is 0 Å². The number of nitrogens with zero attached hydrogens (tertiary/aromatic N) is 2. The minimum atomic E-state index is -0.222. The minimum absolute atomic E-state index is 0.222. The standard InChI is InChI=1S/C14H24N2O2/c1-10(17)8-13-6-4-5-7-16(13)9-14-11(2)15-18-12(14)3/h10,13,17H,4-9H2,1-3H3. The van der Waals surface area contributed by atoms with Crippen LogP contribution in [-0.4, -0.2) is 33.9 Å². The zero-order valence-electron chi connectivity index (χ0n) is 11.6. The van der Waals surface area contributed by atoms with Crippen LogP contribution >= 0.6 is 0 Å². The molecule has 4 heteroatoms. The van der Waals surface area contributed by atoms with Crippen LogP contribution in [0.25, 0.3) is 0 Å². The van der Waals surface area contributed by atoms with Gasteiger partial charge in [-0.1, -0.05) is 11.6 Å². The number of hydrogen-bond acceptors (Lipinski definition) is 4. The van der Waals surface area contributed by atoms with Crippen LogP contribution in [-0.2, 0) is 6.54 Å². The number of rotatable bonds is 4. The Bertz CT molecular complexity index is 368. The van der Waals surface area contributed by atoms with Crippen LogP contribution in [0, 0.1) is 13.8 Å². The second-order valence-corrected chi connectivity index (χ2v) is 5.51. The summed E-state index contributed by atoms with van der Waals surface area (Å²) in [5.74, 6) is 0.925. The molecule has 1 aromatic rings. The first kappa shape index (κ1) is 13.6. The van der Waals surface area contributed by atoms with Gasteiger partial charge in [0, 0.05) is 18.2 Å². The first-order valence-corrected chi connectivity index (χ1v) is 6.91. The van der Waals surface area contributed by atoms with Gasteiger partial charge in [-0.3, -0.25) is 4.90 Å². The zero-order chi connectivity index (χ0) is 13.1. The molecule has 2 atom stereocenters. The molecule has 0 radical (unpaired) electrons. The van der Waals surface area contributed by atoms with Crippen molar-refractivity contribution in [2.45, 2.75) is 65.1 Å². The van der Waals surface area contributed by atoms with Gasteiger partial charge < -0.3 is 9.63 Å². The SMILES string of the molecule is Cc1noc(C)c1CN1CCCCC1CC(C)O. The first-order chi connectivity index (χ1) is 8.58. The molecule has 1 N–H and O–H groups in total. The Balaban J connectivity index is 2.05. The maximum Gasteiger partial charge on any atom is 0.138 e. The van der Waals surface area contributed by atoms with Gasteiger partial charge in [-0.2, -0.15) is 0 Å². The number of aromatic nitrogens is 1. The Morgan fingerprint density at radius 3 is 2.83 bits per heavy atom. The summed E-state index contributed by atoms with van der Waals surface area (Å²) in [6.07, 6.45) is 4.35. The van der Waals surface area contributed by atoms with Gasteiger partial charge >= 0.3 is 0 Å². The third-order valence-corrected chi connectivity index (χ3v) is 3.90. The summed E-state index contributed by atoms with van der Waals surface area (Å²) in [5.41, 5.74) is 2.21. The minimum Gasteiger partial charge on any atom is -0.393 e. The fourth-order valence-electron chi connectivity index (χ4n) is 2.86. The summed E-state index contributed by atoms with van der Waals surface area (Å²) in [4.78, 5) is 2.47. The normalized spacial score (nSPS) is 23.2. The van der Waals surface area contributed by atoms with Crippen molar-refractivity contribution in [3.8, 4) is 0 Å². The van der Waals surface area contributed by atoms with Crippen molar-refractivity contribution in [3.63, 3.8) is 0 Å². The molecule has 1 aliphatic rings. The monoisotopic (exact) mass is 252 g/mol. The Morgan fingerprint density at radius 1 is 1.44 bits per heavy atom. The van der Waals surface area contributed by atoms with Gasteiger partial charge in [-0.25, -0.2) is 0 Å². The summed E-state index contributed by atoms with van der Waals surface area (Å²) in [7, 11) is 0. The van der Waals surface area contributed by atoms with Crippen LogP contribution in [0.1, 0.15) is 49.6 Å². The smallest absolute Gasteiger partial charge is 0.138 e. The Morgan fingerprint density at radius 2 is 2.22 bits per heavy atom. The number of aliphatic hydroxyl groups is 1. The molecule has 1 fully saturated rings. The molecule has 102 valence electrons. The van der Waals surface area contributed by atoms with E-state index in [1.165, 1.54) is 24.8 Å². The van der Waals surface area contributed by atoms with E-state index < -0.39 is 0 Å². The predicted octanol–water partition coefficient (Wildman–Crippen LogP) is 2.42. The highest BCUT2D eigenvalue weighted by Crippen LogP contribution is 2.25. The highest BCUT2D eigenvalue weighted by atomic mass is 16.5. The summed E-state index contributed by atoms with van der Waals surface area (Å²) in [5, 5.41) is 13.6. The molecular formula is C14H24N2O2.